The lowest BCUT2D eigenvalue weighted by Gasteiger charge is -2.55. The van der Waals surface area contributed by atoms with Crippen molar-refractivity contribution in [3.63, 3.8) is 0 Å². The Hall–Kier alpha value is -1.53. The molecule has 2 nitrogen and oxygen atoms in total. The molecule has 1 unspecified atom stereocenters. The highest BCUT2D eigenvalue weighted by Gasteiger charge is 2.92. The number of nitrogens with zero attached hydrogens (tertiary/aromatic N) is 2. The van der Waals surface area contributed by atoms with E-state index in [0.717, 1.165) is 0 Å². The van der Waals surface area contributed by atoms with E-state index in [1.54, 1.807) is 6.58 Å². The van der Waals surface area contributed by atoms with Crippen LogP contribution in [0.2, 0.25) is 0 Å². The van der Waals surface area contributed by atoms with Crippen LogP contribution in [0.1, 0.15) is 0 Å². The minimum atomic E-state index is -7.79. The van der Waals surface area contributed by atoms with E-state index in [-0.39, 0.29) is 0 Å². The van der Waals surface area contributed by atoms with E-state index in [0.29, 0.717) is 0 Å². The van der Waals surface area contributed by atoms with Gasteiger partial charge in [-0.05, 0) is 0 Å². The Labute approximate surface area is 147 Å². The zero-order chi connectivity index (χ0) is 23.8. The number of hydrogen-bond donors (Lipinski definition) is 0. The Kier molecular flexibility index (Phi) is 5.49. The molecule has 0 aromatic carbocycles. The number of hydrogen-bond acceptors (Lipinski definition) is 2. The van der Waals surface area contributed by atoms with Crippen molar-refractivity contribution in [1.82, 2.24) is 9.80 Å². The van der Waals surface area contributed by atoms with Crippen molar-refractivity contribution < 1.29 is 74.6 Å². The van der Waals surface area contributed by atoms with Crippen molar-refractivity contribution in [3.05, 3.63) is 12.2 Å². The smallest absolute Gasteiger partial charge is 0.224 e. The Morgan fingerprint density at radius 3 is 1.21 bits per heavy atom. The quantitative estimate of drug-likeness (QED) is 0.301. The fraction of sp³-hybridized carbons (Fsp3) is 0.800. The Balaban J connectivity index is 3.85. The van der Waals surface area contributed by atoms with Gasteiger partial charge in [0.15, 0.2) is 6.30 Å². The third-order valence-corrected chi connectivity index (χ3v) is 3.39. The SMILES string of the molecule is C=C(C(F)N1C(F)(F)C(F)(F)N(C(F)(F)C(F)(F)F)C(F)(F)C1(F)F)C(F)(F)F. The molecule has 0 aromatic rings. The molecule has 0 bridgehead atoms. The van der Waals surface area contributed by atoms with Crippen LogP contribution in [0.25, 0.3) is 0 Å². The molecule has 1 heterocycles. The molecule has 0 radical (unpaired) electrons. The first-order valence-electron chi connectivity index (χ1n) is 6.26. The average molecular weight is 474 g/mol. The van der Waals surface area contributed by atoms with E-state index in [1.165, 1.54) is 0 Å². The number of alkyl halides is 17. The topological polar surface area (TPSA) is 6.48 Å². The third-order valence-electron chi connectivity index (χ3n) is 3.39. The first-order valence-corrected chi connectivity index (χ1v) is 6.26. The number of halogens is 17. The van der Waals surface area contributed by atoms with E-state index in [4.69, 9.17) is 0 Å². The molecule has 1 aliphatic rings. The van der Waals surface area contributed by atoms with Crippen molar-refractivity contribution in [2.24, 2.45) is 0 Å². The van der Waals surface area contributed by atoms with Crippen LogP contribution in [0.15, 0.2) is 12.2 Å². The Bertz CT molecular complexity index is 630. The van der Waals surface area contributed by atoms with Gasteiger partial charge in [-0.3, -0.25) is 0 Å². The molecule has 0 saturated carbocycles. The zero-order valence-corrected chi connectivity index (χ0v) is 12.6. The Morgan fingerprint density at radius 1 is 0.655 bits per heavy atom. The average Bonchev–Trinajstić information content (AvgIpc) is 2.40. The van der Waals surface area contributed by atoms with Crippen molar-refractivity contribution in [2.75, 3.05) is 0 Å². The van der Waals surface area contributed by atoms with Gasteiger partial charge in [-0.2, -0.15) is 70.2 Å². The highest BCUT2D eigenvalue weighted by atomic mass is 19.4. The lowest BCUT2D eigenvalue weighted by molar-refractivity contribution is -0.561. The highest BCUT2D eigenvalue weighted by Crippen LogP contribution is 2.63. The molecule has 0 spiro atoms. The van der Waals surface area contributed by atoms with Crippen LogP contribution < -0.4 is 0 Å². The lowest BCUT2D eigenvalue weighted by atomic mass is 10.1. The number of rotatable bonds is 3. The van der Waals surface area contributed by atoms with Gasteiger partial charge >= 0.3 is 42.6 Å². The van der Waals surface area contributed by atoms with Gasteiger partial charge in [-0.1, -0.05) is 11.5 Å². The van der Waals surface area contributed by atoms with E-state index >= 15 is 0 Å². The van der Waals surface area contributed by atoms with Crippen LogP contribution in [0.5, 0.6) is 0 Å². The molecule has 1 fully saturated rings. The maximum Gasteiger partial charge on any atom is 0.469 e. The van der Waals surface area contributed by atoms with Crippen molar-refractivity contribution >= 4 is 0 Å². The molecule has 0 amide bonds. The van der Waals surface area contributed by atoms with Crippen LogP contribution in [0.4, 0.5) is 74.6 Å². The molecule has 19 heteroatoms. The van der Waals surface area contributed by atoms with Gasteiger partial charge in [-0.15, -0.1) is 4.90 Å². The van der Waals surface area contributed by atoms with Crippen LogP contribution in [0.3, 0.4) is 0 Å². The lowest BCUT2D eigenvalue weighted by Crippen LogP contribution is -2.85. The molecule has 172 valence electrons. The summed E-state index contributed by atoms with van der Waals surface area (Å²) in [5, 5.41) is 0. The highest BCUT2D eigenvalue weighted by molar-refractivity contribution is 5.15. The second-order valence-electron chi connectivity index (χ2n) is 5.27. The summed E-state index contributed by atoms with van der Waals surface area (Å²) in [6.45, 7) is 1.59. The molecule has 29 heavy (non-hydrogen) atoms. The van der Waals surface area contributed by atoms with Gasteiger partial charge in [0.25, 0.3) is 0 Å². The van der Waals surface area contributed by atoms with Gasteiger partial charge in [0, 0.05) is 0 Å². The number of piperazine rings is 1. The predicted molar refractivity (Wildman–Crippen MR) is 54.6 cm³/mol. The maximum absolute atomic E-state index is 13.6. The summed E-state index contributed by atoms with van der Waals surface area (Å²) < 4.78 is 222. The van der Waals surface area contributed by atoms with Crippen LogP contribution in [-0.2, 0) is 0 Å². The fourth-order valence-corrected chi connectivity index (χ4v) is 1.97. The van der Waals surface area contributed by atoms with Crippen molar-refractivity contribution in [1.29, 1.82) is 0 Å². The molecular formula is C10H3F17N2. The molecule has 1 rings (SSSR count). The summed E-state index contributed by atoms with van der Waals surface area (Å²) in [5.74, 6) is 0. The third kappa shape index (κ3) is 3.28. The fourth-order valence-electron chi connectivity index (χ4n) is 1.97. The van der Waals surface area contributed by atoms with Crippen LogP contribution in [-0.4, -0.2) is 58.7 Å². The first kappa shape index (κ1) is 25.5. The largest absolute Gasteiger partial charge is 0.469 e. The summed E-state index contributed by atoms with van der Waals surface area (Å²) in [6, 6.07) is -38.1. The van der Waals surface area contributed by atoms with Crippen LogP contribution in [0, 0.1) is 0 Å². The van der Waals surface area contributed by atoms with Crippen molar-refractivity contribution in [3.8, 4) is 0 Å². The van der Waals surface area contributed by atoms with Crippen LogP contribution >= 0.6 is 0 Å². The zero-order valence-electron chi connectivity index (χ0n) is 12.6. The normalized spacial score (nSPS) is 26.2. The first-order chi connectivity index (χ1) is 12.3. The minimum Gasteiger partial charge on any atom is -0.224 e. The molecule has 0 aromatic heterocycles. The maximum atomic E-state index is 13.6. The molecule has 1 aliphatic heterocycles. The second-order valence-corrected chi connectivity index (χ2v) is 5.27. The van der Waals surface area contributed by atoms with Crippen molar-refractivity contribution in [2.45, 2.75) is 48.9 Å². The summed E-state index contributed by atoms with van der Waals surface area (Å²) in [7, 11) is 0. The molecule has 1 atom stereocenters. The van der Waals surface area contributed by atoms with Gasteiger partial charge in [0.05, 0.1) is 5.57 Å². The summed E-state index contributed by atoms with van der Waals surface area (Å²) in [6.07, 6.45) is -19.2. The molecule has 0 N–H and O–H groups in total. The summed E-state index contributed by atoms with van der Waals surface area (Å²) in [4.78, 5) is -7.70. The Morgan fingerprint density at radius 2 is 0.966 bits per heavy atom. The predicted octanol–water partition coefficient (Wildman–Crippen LogP) is 5.54. The van der Waals surface area contributed by atoms with Gasteiger partial charge in [0.2, 0.25) is 0 Å². The second kappa shape index (κ2) is 6.24. The standard InChI is InChI=1S/C10H3F17N2/c1-2(4(12,13)14)3(11)28-7(20,21)9(24,25)29(6(18,19)5(15,16)17)10(26,27)8(28,22)23/h3H,1H2. The van der Waals surface area contributed by atoms with E-state index < -0.39 is 64.3 Å². The monoisotopic (exact) mass is 474 g/mol. The molecule has 1 saturated heterocycles. The van der Waals surface area contributed by atoms with Gasteiger partial charge < -0.3 is 0 Å². The van der Waals surface area contributed by atoms with E-state index in [2.05, 4.69) is 0 Å². The van der Waals surface area contributed by atoms with E-state index in [1.807, 2.05) is 0 Å². The van der Waals surface area contributed by atoms with Gasteiger partial charge in [0.1, 0.15) is 0 Å². The van der Waals surface area contributed by atoms with Gasteiger partial charge in [-0.25, -0.2) is 4.39 Å². The minimum absolute atomic E-state index is 1.59. The summed E-state index contributed by atoms with van der Waals surface area (Å²) in [5.41, 5.74) is -3.39. The summed E-state index contributed by atoms with van der Waals surface area (Å²) >= 11 is 0. The molecular weight excluding hydrogens is 471 g/mol. The van der Waals surface area contributed by atoms with E-state index in [9.17, 15) is 74.6 Å². The molecule has 0 aliphatic carbocycles.